The van der Waals surface area contributed by atoms with Crippen LogP contribution in [-0.2, 0) is 14.9 Å². The molecule has 6 nitrogen and oxygen atoms in total. The van der Waals surface area contributed by atoms with Crippen LogP contribution in [0.15, 0.2) is 54.9 Å². The third-order valence-electron chi connectivity index (χ3n) is 5.40. The Balaban J connectivity index is 1.63. The molecular weight excluding hydrogens is 423 g/mol. The van der Waals surface area contributed by atoms with E-state index in [-0.39, 0.29) is 11.9 Å². The van der Waals surface area contributed by atoms with Crippen LogP contribution in [0.5, 0.6) is 0 Å². The third kappa shape index (κ3) is 4.12. The molecule has 2 heterocycles. The molecule has 1 saturated heterocycles. The van der Waals surface area contributed by atoms with Gasteiger partial charge < -0.3 is 15.8 Å². The molecule has 0 spiro atoms. The largest absolute Gasteiger partial charge is 0.381 e. The lowest BCUT2D eigenvalue weighted by molar-refractivity contribution is -0.125. The molecule has 3 aromatic rings. The molecule has 0 bridgehead atoms. The highest BCUT2D eigenvalue weighted by Gasteiger charge is 2.41. The Kier molecular flexibility index (Phi) is 5.90. The summed E-state index contributed by atoms with van der Waals surface area (Å²) >= 11 is 12.1. The van der Waals surface area contributed by atoms with Crippen LogP contribution in [-0.4, -0.2) is 29.1 Å². The minimum Gasteiger partial charge on any atom is -0.381 e. The summed E-state index contributed by atoms with van der Waals surface area (Å²) in [5.41, 5.74) is 8.22. The normalized spacial score (nSPS) is 15.5. The van der Waals surface area contributed by atoms with Gasteiger partial charge in [0, 0.05) is 36.9 Å². The average Bonchev–Trinajstić information content (AvgIpc) is 2.77. The molecular formula is C22H20Cl2N4O2. The van der Waals surface area contributed by atoms with Gasteiger partial charge in [-0.3, -0.25) is 4.79 Å². The SMILES string of the molecule is Nc1ncc(-c2ccc(C3(C(=O)Nc4ccc(Cl)c(Cl)c4)CCOCC3)cc2)cn1. The zero-order valence-electron chi connectivity index (χ0n) is 16.1. The van der Waals surface area contributed by atoms with Crippen molar-refractivity contribution in [1.82, 2.24) is 9.97 Å². The van der Waals surface area contributed by atoms with Crippen LogP contribution in [0.4, 0.5) is 11.6 Å². The topological polar surface area (TPSA) is 90.1 Å². The van der Waals surface area contributed by atoms with Crippen molar-refractivity contribution in [1.29, 1.82) is 0 Å². The number of nitrogens with two attached hydrogens (primary N) is 1. The van der Waals surface area contributed by atoms with Crippen molar-refractivity contribution in [2.45, 2.75) is 18.3 Å². The Bertz CT molecular complexity index is 1050. The highest BCUT2D eigenvalue weighted by Crippen LogP contribution is 2.37. The van der Waals surface area contributed by atoms with E-state index in [2.05, 4.69) is 15.3 Å². The molecule has 30 heavy (non-hydrogen) atoms. The van der Waals surface area contributed by atoms with E-state index in [0.717, 1.165) is 16.7 Å². The second kappa shape index (κ2) is 8.60. The summed E-state index contributed by atoms with van der Waals surface area (Å²) in [6.07, 6.45) is 4.53. The van der Waals surface area contributed by atoms with E-state index in [0.29, 0.717) is 41.8 Å². The number of halogens is 2. The molecule has 0 atom stereocenters. The minimum atomic E-state index is -0.694. The lowest BCUT2D eigenvalue weighted by atomic mass is 9.73. The molecule has 3 N–H and O–H groups in total. The predicted molar refractivity (Wildman–Crippen MR) is 119 cm³/mol. The maximum Gasteiger partial charge on any atom is 0.235 e. The van der Waals surface area contributed by atoms with E-state index < -0.39 is 5.41 Å². The van der Waals surface area contributed by atoms with Crippen molar-refractivity contribution in [2.24, 2.45) is 0 Å². The summed E-state index contributed by atoms with van der Waals surface area (Å²) in [4.78, 5) is 21.5. The number of aromatic nitrogens is 2. The van der Waals surface area contributed by atoms with Gasteiger partial charge in [-0.2, -0.15) is 0 Å². The molecule has 154 valence electrons. The Morgan fingerprint density at radius 3 is 2.27 bits per heavy atom. The van der Waals surface area contributed by atoms with Gasteiger partial charge in [0.2, 0.25) is 11.9 Å². The van der Waals surface area contributed by atoms with E-state index in [1.807, 2.05) is 24.3 Å². The number of benzene rings is 2. The van der Waals surface area contributed by atoms with E-state index >= 15 is 0 Å². The predicted octanol–water partition coefficient (Wildman–Crippen LogP) is 4.72. The highest BCUT2D eigenvalue weighted by molar-refractivity contribution is 6.42. The van der Waals surface area contributed by atoms with E-state index in [4.69, 9.17) is 33.7 Å². The summed E-state index contributed by atoms with van der Waals surface area (Å²) in [6, 6.07) is 12.9. The number of amides is 1. The second-order valence-electron chi connectivity index (χ2n) is 7.18. The first-order valence-electron chi connectivity index (χ1n) is 9.51. The number of ether oxygens (including phenoxy) is 1. The molecule has 1 fully saturated rings. The summed E-state index contributed by atoms with van der Waals surface area (Å²) in [5.74, 6) is 0.142. The standard InChI is InChI=1S/C22H20Cl2N4O2/c23-18-6-5-17(11-19(18)24)28-20(29)22(7-9-30-10-8-22)16-3-1-14(2-4-16)15-12-26-21(25)27-13-15/h1-6,11-13H,7-10H2,(H,28,29)(H2,25,26,27). The van der Waals surface area contributed by atoms with E-state index in [1.165, 1.54) is 0 Å². The zero-order chi connectivity index (χ0) is 21.1. The van der Waals surface area contributed by atoms with Gasteiger partial charge in [0.25, 0.3) is 0 Å². The van der Waals surface area contributed by atoms with Crippen LogP contribution >= 0.6 is 23.2 Å². The Morgan fingerprint density at radius 2 is 1.63 bits per heavy atom. The molecule has 1 aliphatic rings. The van der Waals surface area contributed by atoms with Gasteiger partial charge in [0.15, 0.2) is 0 Å². The quantitative estimate of drug-likeness (QED) is 0.609. The van der Waals surface area contributed by atoms with Gasteiger partial charge in [0.05, 0.1) is 15.5 Å². The highest BCUT2D eigenvalue weighted by atomic mass is 35.5. The van der Waals surface area contributed by atoms with E-state index in [9.17, 15) is 4.79 Å². The number of hydrogen-bond acceptors (Lipinski definition) is 5. The second-order valence-corrected chi connectivity index (χ2v) is 8.00. The monoisotopic (exact) mass is 442 g/mol. The van der Waals surface area contributed by atoms with Crippen LogP contribution < -0.4 is 11.1 Å². The number of nitrogens with zero attached hydrogens (tertiary/aromatic N) is 2. The third-order valence-corrected chi connectivity index (χ3v) is 6.14. The molecule has 1 amide bonds. The smallest absolute Gasteiger partial charge is 0.235 e. The van der Waals surface area contributed by atoms with E-state index in [1.54, 1.807) is 30.6 Å². The van der Waals surface area contributed by atoms with Crippen LogP contribution in [0.25, 0.3) is 11.1 Å². The number of hydrogen-bond donors (Lipinski definition) is 2. The maximum atomic E-state index is 13.4. The molecule has 1 aliphatic heterocycles. The molecule has 0 unspecified atom stereocenters. The van der Waals surface area contributed by atoms with Crippen molar-refractivity contribution >= 4 is 40.7 Å². The fourth-order valence-electron chi connectivity index (χ4n) is 3.66. The molecule has 4 rings (SSSR count). The van der Waals surface area contributed by atoms with Crippen LogP contribution in [0.1, 0.15) is 18.4 Å². The number of anilines is 2. The van der Waals surface area contributed by atoms with Gasteiger partial charge in [-0.15, -0.1) is 0 Å². The molecule has 8 heteroatoms. The summed E-state index contributed by atoms with van der Waals surface area (Å²) in [5, 5.41) is 3.84. The summed E-state index contributed by atoms with van der Waals surface area (Å²) in [6.45, 7) is 1.03. The van der Waals surface area contributed by atoms with Crippen LogP contribution in [0.3, 0.4) is 0 Å². The lowest BCUT2D eigenvalue weighted by Gasteiger charge is -2.36. The first kappa shape index (κ1) is 20.6. The van der Waals surface area contributed by atoms with Gasteiger partial charge >= 0.3 is 0 Å². The van der Waals surface area contributed by atoms with Gasteiger partial charge in [-0.05, 0) is 42.2 Å². The van der Waals surface area contributed by atoms with Crippen LogP contribution in [0, 0.1) is 0 Å². The molecule has 0 radical (unpaired) electrons. The lowest BCUT2D eigenvalue weighted by Crippen LogP contribution is -2.44. The Hall–Kier alpha value is -2.67. The molecule has 0 aliphatic carbocycles. The van der Waals surface area contributed by atoms with Gasteiger partial charge in [-0.1, -0.05) is 47.5 Å². The first-order chi connectivity index (χ1) is 14.5. The maximum absolute atomic E-state index is 13.4. The molecule has 2 aromatic carbocycles. The number of carbonyl (C=O) groups excluding carboxylic acids is 1. The summed E-state index contributed by atoms with van der Waals surface area (Å²) < 4.78 is 5.54. The fraction of sp³-hybridized carbons (Fsp3) is 0.227. The Labute approximate surface area is 184 Å². The number of rotatable bonds is 4. The van der Waals surface area contributed by atoms with Crippen molar-refractivity contribution in [3.05, 3.63) is 70.5 Å². The molecule has 1 aromatic heterocycles. The zero-order valence-corrected chi connectivity index (χ0v) is 17.6. The fourth-order valence-corrected chi connectivity index (χ4v) is 3.96. The Morgan fingerprint density at radius 1 is 0.967 bits per heavy atom. The number of nitrogen functional groups attached to an aromatic ring is 1. The van der Waals surface area contributed by atoms with Crippen LogP contribution in [0.2, 0.25) is 10.0 Å². The van der Waals surface area contributed by atoms with Gasteiger partial charge in [-0.25, -0.2) is 9.97 Å². The number of nitrogens with one attached hydrogen (secondary N) is 1. The van der Waals surface area contributed by atoms with Crippen molar-refractivity contribution < 1.29 is 9.53 Å². The number of carbonyl (C=O) groups is 1. The van der Waals surface area contributed by atoms with Crippen molar-refractivity contribution in [3.8, 4) is 11.1 Å². The average molecular weight is 443 g/mol. The summed E-state index contributed by atoms with van der Waals surface area (Å²) in [7, 11) is 0. The van der Waals surface area contributed by atoms with Crippen molar-refractivity contribution in [2.75, 3.05) is 24.3 Å². The van der Waals surface area contributed by atoms with Gasteiger partial charge in [0.1, 0.15) is 0 Å². The minimum absolute atomic E-state index is 0.0900. The van der Waals surface area contributed by atoms with Crippen molar-refractivity contribution in [3.63, 3.8) is 0 Å². The first-order valence-corrected chi connectivity index (χ1v) is 10.3. The molecule has 0 saturated carbocycles.